The first kappa shape index (κ1) is 22.9. The van der Waals surface area contributed by atoms with E-state index in [0.717, 1.165) is 30.8 Å². The molecule has 5 rings (SSSR count). The van der Waals surface area contributed by atoms with E-state index in [-0.39, 0.29) is 23.2 Å². The molecule has 0 spiro atoms. The monoisotopic (exact) mass is 581 g/mol. The number of sulfonamides is 1. The minimum absolute atomic E-state index is 0.179. The summed E-state index contributed by atoms with van der Waals surface area (Å²) in [5.41, 5.74) is 1.86. The lowest BCUT2D eigenvalue weighted by Crippen LogP contribution is -2.51. The highest BCUT2D eigenvalue weighted by atomic mass is 79.9. The summed E-state index contributed by atoms with van der Waals surface area (Å²) in [6, 6.07) is 14.8. The van der Waals surface area contributed by atoms with E-state index in [1.54, 1.807) is 29.2 Å². The lowest BCUT2D eigenvalue weighted by molar-refractivity contribution is -0.134. The number of amides is 1. The van der Waals surface area contributed by atoms with Gasteiger partial charge < -0.3 is 4.90 Å². The van der Waals surface area contributed by atoms with Crippen molar-refractivity contribution in [2.75, 3.05) is 19.6 Å². The number of rotatable bonds is 5. The Hall–Kier alpha value is -1.82. The number of aromatic nitrogens is 1. The summed E-state index contributed by atoms with van der Waals surface area (Å²) in [6.07, 6.45) is 0. The first-order chi connectivity index (χ1) is 15.8. The number of halogens is 2. The van der Waals surface area contributed by atoms with E-state index >= 15 is 0 Å². The van der Waals surface area contributed by atoms with Gasteiger partial charge in [-0.2, -0.15) is 4.31 Å². The number of thiophene rings is 1. The third kappa shape index (κ3) is 4.73. The molecule has 2 aromatic carbocycles. The van der Waals surface area contributed by atoms with Crippen molar-refractivity contribution in [1.29, 1.82) is 0 Å². The van der Waals surface area contributed by atoms with Crippen LogP contribution < -0.4 is 0 Å². The van der Waals surface area contributed by atoms with Gasteiger partial charge in [0.2, 0.25) is 5.91 Å². The molecule has 170 valence electrons. The number of carbonyl (C=O) groups excluding carboxylic acids is 1. The summed E-state index contributed by atoms with van der Waals surface area (Å²) >= 11 is 12.2. The van der Waals surface area contributed by atoms with Crippen LogP contribution in [0.25, 0.3) is 21.3 Å². The third-order valence-corrected chi connectivity index (χ3v) is 10.3. The molecular formula is C22H17BrClN3O3S3. The second-order valence-corrected chi connectivity index (χ2v) is 13.1. The fraction of sp³-hybridized carbons (Fsp3) is 0.182. The standard InChI is InChI=1S/C22H17BrClN3O3S3/c23-16-3-1-2-14(8-16)18-13-31-20(25-18)11-26-6-7-27(12-21(26)28)33(29,30)22-9-15-4-5-17(24)10-19(15)32-22/h1-5,8-10,13H,6-7,11-12H2. The van der Waals surface area contributed by atoms with Gasteiger partial charge in [0.25, 0.3) is 10.0 Å². The Bertz CT molecular complexity index is 1470. The number of piperazine rings is 1. The van der Waals surface area contributed by atoms with Crippen LogP contribution in [0.15, 0.2) is 62.6 Å². The molecule has 0 unspecified atom stereocenters. The average Bonchev–Trinajstić information content (AvgIpc) is 3.42. The molecule has 0 saturated carbocycles. The zero-order chi connectivity index (χ0) is 23.2. The summed E-state index contributed by atoms with van der Waals surface area (Å²) < 4.78 is 29.6. The van der Waals surface area contributed by atoms with Crippen LogP contribution in [0.2, 0.25) is 5.02 Å². The molecule has 1 fully saturated rings. The van der Waals surface area contributed by atoms with E-state index in [9.17, 15) is 13.2 Å². The molecule has 3 heterocycles. The van der Waals surface area contributed by atoms with Gasteiger partial charge in [0.1, 0.15) is 9.22 Å². The number of hydrogen-bond acceptors (Lipinski definition) is 6. The molecule has 6 nitrogen and oxygen atoms in total. The second kappa shape index (κ2) is 9.09. The van der Waals surface area contributed by atoms with Crippen LogP contribution in [-0.2, 0) is 21.4 Å². The van der Waals surface area contributed by atoms with E-state index in [1.807, 2.05) is 29.6 Å². The number of carbonyl (C=O) groups is 1. The minimum atomic E-state index is -3.76. The zero-order valence-corrected chi connectivity index (χ0v) is 21.9. The van der Waals surface area contributed by atoms with Crippen molar-refractivity contribution in [3.8, 4) is 11.3 Å². The highest BCUT2D eigenvalue weighted by Crippen LogP contribution is 2.33. The van der Waals surface area contributed by atoms with Crippen molar-refractivity contribution < 1.29 is 13.2 Å². The van der Waals surface area contributed by atoms with Crippen molar-refractivity contribution >= 4 is 76.2 Å². The van der Waals surface area contributed by atoms with E-state index < -0.39 is 10.0 Å². The molecule has 0 N–H and O–H groups in total. The molecule has 1 aliphatic heterocycles. The van der Waals surface area contributed by atoms with Crippen LogP contribution in [0, 0.1) is 0 Å². The molecule has 0 bridgehead atoms. The molecule has 1 amide bonds. The molecule has 0 radical (unpaired) electrons. The van der Waals surface area contributed by atoms with Crippen LogP contribution in [0.1, 0.15) is 5.01 Å². The molecule has 1 saturated heterocycles. The molecule has 0 aliphatic carbocycles. The third-order valence-electron chi connectivity index (χ3n) is 5.34. The van der Waals surface area contributed by atoms with E-state index in [1.165, 1.54) is 27.0 Å². The van der Waals surface area contributed by atoms with Crippen LogP contribution in [0.3, 0.4) is 0 Å². The second-order valence-electron chi connectivity index (χ2n) is 7.54. The van der Waals surface area contributed by atoms with E-state index in [2.05, 4.69) is 20.9 Å². The Morgan fingerprint density at radius 3 is 2.76 bits per heavy atom. The van der Waals surface area contributed by atoms with Crippen molar-refractivity contribution in [3.05, 3.63) is 68.4 Å². The maximum atomic E-state index is 13.2. The van der Waals surface area contributed by atoms with Crippen molar-refractivity contribution in [2.45, 2.75) is 10.8 Å². The number of fused-ring (bicyclic) bond motifs is 1. The molecule has 1 aliphatic rings. The van der Waals surface area contributed by atoms with Gasteiger partial charge in [-0.1, -0.05) is 45.7 Å². The van der Waals surface area contributed by atoms with Gasteiger partial charge in [-0.15, -0.1) is 22.7 Å². The van der Waals surface area contributed by atoms with Gasteiger partial charge >= 0.3 is 0 Å². The lowest BCUT2D eigenvalue weighted by Gasteiger charge is -2.32. The molecule has 2 aromatic heterocycles. The normalized spacial score (nSPS) is 15.5. The maximum Gasteiger partial charge on any atom is 0.253 e. The van der Waals surface area contributed by atoms with Crippen LogP contribution in [0.4, 0.5) is 0 Å². The van der Waals surface area contributed by atoms with Crippen molar-refractivity contribution in [3.63, 3.8) is 0 Å². The Labute approximate surface area is 212 Å². The first-order valence-electron chi connectivity index (χ1n) is 9.97. The highest BCUT2D eigenvalue weighted by molar-refractivity contribution is 9.10. The summed E-state index contributed by atoms with van der Waals surface area (Å²) in [5.74, 6) is -0.229. The predicted octanol–water partition coefficient (Wildman–Crippen LogP) is 5.47. The largest absolute Gasteiger partial charge is 0.333 e. The summed E-state index contributed by atoms with van der Waals surface area (Å²) in [5, 5.41) is 4.16. The number of hydrogen-bond donors (Lipinski definition) is 0. The number of nitrogens with zero attached hydrogens (tertiary/aromatic N) is 3. The highest BCUT2D eigenvalue weighted by Gasteiger charge is 2.34. The van der Waals surface area contributed by atoms with Gasteiger partial charge in [-0.3, -0.25) is 4.79 Å². The Balaban J connectivity index is 1.28. The molecule has 4 aromatic rings. The smallest absolute Gasteiger partial charge is 0.253 e. The quantitative estimate of drug-likeness (QED) is 0.313. The van der Waals surface area contributed by atoms with Crippen molar-refractivity contribution in [2.24, 2.45) is 0 Å². The van der Waals surface area contributed by atoms with Crippen LogP contribution in [0.5, 0.6) is 0 Å². The minimum Gasteiger partial charge on any atom is -0.333 e. The number of thiazole rings is 1. The lowest BCUT2D eigenvalue weighted by atomic mass is 10.2. The molecular weight excluding hydrogens is 566 g/mol. The van der Waals surface area contributed by atoms with E-state index in [4.69, 9.17) is 11.6 Å². The summed E-state index contributed by atoms with van der Waals surface area (Å²) in [7, 11) is -3.76. The van der Waals surface area contributed by atoms with Gasteiger partial charge in [-0.05, 0) is 35.7 Å². The summed E-state index contributed by atoms with van der Waals surface area (Å²) in [6.45, 7) is 0.751. The summed E-state index contributed by atoms with van der Waals surface area (Å²) in [4.78, 5) is 19.1. The maximum absolute atomic E-state index is 13.2. The van der Waals surface area contributed by atoms with Gasteiger partial charge in [-0.25, -0.2) is 13.4 Å². The SMILES string of the molecule is O=C1CN(S(=O)(=O)c2cc3ccc(Cl)cc3s2)CCN1Cc1nc(-c2cccc(Br)c2)cs1. The fourth-order valence-corrected chi connectivity index (χ4v) is 8.05. The van der Waals surface area contributed by atoms with Gasteiger partial charge in [0.05, 0.1) is 18.8 Å². The van der Waals surface area contributed by atoms with Crippen LogP contribution >= 0.6 is 50.2 Å². The Kier molecular flexibility index (Phi) is 6.32. The fourth-order valence-electron chi connectivity index (χ4n) is 3.62. The zero-order valence-electron chi connectivity index (χ0n) is 17.1. The topological polar surface area (TPSA) is 70.6 Å². The predicted molar refractivity (Wildman–Crippen MR) is 136 cm³/mol. The molecule has 33 heavy (non-hydrogen) atoms. The van der Waals surface area contributed by atoms with Crippen molar-refractivity contribution in [1.82, 2.24) is 14.2 Å². The Morgan fingerprint density at radius 2 is 1.97 bits per heavy atom. The first-order valence-corrected chi connectivity index (χ1v) is 14.3. The molecule has 11 heteroatoms. The number of benzene rings is 2. The van der Waals surface area contributed by atoms with Gasteiger partial charge in [0, 0.05) is 38.2 Å². The Morgan fingerprint density at radius 1 is 1.12 bits per heavy atom. The molecule has 0 atom stereocenters. The van der Waals surface area contributed by atoms with Crippen LogP contribution in [-0.4, -0.2) is 48.1 Å². The van der Waals surface area contributed by atoms with E-state index in [0.29, 0.717) is 18.1 Å². The average molecular weight is 583 g/mol. The van der Waals surface area contributed by atoms with Gasteiger partial charge in [0.15, 0.2) is 0 Å².